The number of sulfonamides is 1. The summed E-state index contributed by atoms with van der Waals surface area (Å²) in [7, 11) is -1.84. The Hall–Kier alpha value is -2.83. The molecule has 1 aromatic heterocycles. The Labute approximate surface area is 217 Å². The van der Waals surface area contributed by atoms with Gasteiger partial charge in [-0.15, -0.1) is 11.3 Å². The molecule has 200 valence electrons. The lowest BCUT2D eigenvalue weighted by Gasteiger charge is -2.24. The minimum atomic E-state index is -3.38. The van der Waals surface area contributed by atoms with Crippen molar-refractivity contribution in [2.45, 2.75) is 57.8 Å². The zero-order chi connectivity index (χ0) is 26.4. The Morgan fingerprint density at radius 2 is 1.92 bits per heavy atom. The molecule has 0 aliphatic rings. The van der Waals surface area contributed by atoms with E-state index in [2.05, 4.69) is 27.6 Å². The van der Waals surface area contributed by atoms with Gasteiger partial charge in [0.05, 0.1) is 18.9 Å². The third kappa shape index (κ3) is 12.2. The normalized spacial score (nSPS) is 12.9. The first-order chi connectivity index (χ1) is 17.2. The molecule has 0 spiro atoms. The van der Waals surface area contributed by atoms with Gasteiger partial charge < -0.3 is 25.4 Å². The summed E-state index contributed by atoms with van der Waals surface area (Å²) < 4.78 is 36.1. The molecule has 0 aliphatic carbocycles. The van der Waals surface area contributed by atoms with Gasteiger partial charge in [-0.05, 0) is 42.0 Å². The molecule has 12 heteroatoms. The minimum absolute atomic E-state index is 0.0683. The second kappa shape index (κ2) is 15.3. The van der Waals surface area contributed by atoms with Crippen LogP contribution in [0.3, 0.4) is 0 Å². The summed E-state index contributed by atoms with van der Waals surface area (Å²) in [6, 6.07) is 10.1. The summed E-state index contributed by atoms with van der Waals surface area (Å²) in [5.41, 5.74) is 1.18. The number of anilines is 1. The number of carbonyl (C=O) groups is 2. The molecule has 2 aromatic rings. The van der Waals surface area contributed by atoms with Gasteiger partial charge in [0, 0.05) is 30.3 Å². The van der Waals surface area contributed by atoms with Crippen LogP contribution in [0.1, 0.15) is 43.0 Å². The first-order valence-electron chi connectivity index (χ1n) is 11.8. The van der Waals surface area contributed by atoms with Crippen LogP contribution in [-0.4, -0.2) is 52.7 Å². The van der Waals surface area contributed by atoms with Gasteiger partial charge in [-0.2, -0.15) is 0 Å². The van der Waals surface area contributed by atoms with Crippen LogP contribution in [0.15, 0.2) is 41.8 Å². The fourth-order valence-electron chi connectivity index (χ4n) is 3.42. The van der Waals surface area contributed by atoms with Gasteiger partial charge in [0.25, 0.3) is 0 Å². The van der Waals surface area contributed by atoms with E-state index in [0.29, 0.717) is 18.7 Å². The molecule has 2 atom stereocenters. The molecule has 4 N–H and O–H groups in total. The molecule has 0 saturated heterocycles. The van der Waals surface area contributed by atoms with E-state index < -0.39 is 16.1 Å². The number of unbranched alkanes of at least 4 members (excludes halogenated alkanes) is 1. The number of rotatable bonds is 15. The number of methoxy groups -OCH3 is 1. The number of hydrogen-bond donors (Lipinski definition) is 4. The summed E-state index contributed by atoms with van der Waals surface area (Å²) in [6.07, 6.45) is 3.31. The average molecular weight is 541 g/mol. The SMILES string of the molecule is CCCC[C@@H](CC(COC(=O)NCc1cccs1)OC)NC(=O)NCc1cccc(NS(C)(=O)=O)c1. The van der Waals surface area contributed by atoms with Crippen LogP contribution >= 0.6 is 11.3 Å². The molecule has 1 unspecified atom stereocenters. The summed E-state index contributed by atoms with van der Waals surface area (Å²) >= 11 is 1.55. The Balaban J connectivity index is 1.82. The van der Waals surface area contributed by atoms with E-state index in [1.54, 1.807) is 42.7 Å². The molecule has 1 heterocycles. The van der Waals surface area contributed by atoms with Crippen molar-refractivity contribution in [2.75, 3.05) is 24.7 Å². The second-order valence-corrected chi connectivity index (χ2v) is 11.1. The number of urea groups is 1. The number of thiophene rings is 1. The van der Waals surface area contributed by atoms with Gasteiger partial charge in [0.2, 0.25) is 10.0 Å². The van der Waals surface area contributed by atoms with Gasteiger partial charge in [-0.3, -0.25) is 4.72 Å². The van der Waals surface area contributed by atoms with Crippen LogP contribution in [0, 0.1) is 0 Å². The molecule has 10 nitrogen and oxygen atoms in total. The topological polar surface area (TPSA) is 135 Å². The van der Waals surface area contributed by atoms with Crippen LogP contribution in [0.4, 0.5) is 15.3 Å². The average Bonchev–Trinajstić information content (AvgIpc) is 3.35. The zero-order valence-corrected chi connectivity index (χ0v) is 22.5. The van der Waals surface area contributed by atoms with Crippen molar-refractivity contribution in [1.82, 2.24) is 16.0 Å². The van der Waals surface area contributed by atoms with Crippen molar-refractivity contribution in [3.8, 4) is 0 Å². The summed E-state index contributed by atoms with van der Waals surface area (Å²) in [5, 5.41) is 10.4. The van der Waals surface area contributed by atoms with E-state index in [9.17, 15) is 18.0 Å². The number of benzene rings is 1. The third-order valence-corrected chi connectivity index (χ3v) is 6.68. The Morgan fingerprint density at radius 1 is 1.11 bits per heavy atom. The second-order valence-electron chi connectivity index (χ2n) is 8.37. The van der Waals surface area contributed by atoms with Gasteiger partial charge in [0.1, 0.15) is 6.61 Å². The molecular formula is C24H36N4O6S2. The molecule has 2 rings (SSSR count). The first kappa shape index (κ1) is 29.4. The number of nitrogens with one attached hydrogen (secondary N) is 4. The van der Waals surface area contributed by atoms with E-state index in [-0.39, 0.29) is 31.3 Å². The fraction of sp³-hybridized carbons (Fsp3) is 0.500. The Bertz CT molecular complexity index is 1050. The maximum absolute atomic E-state index is 12.6. The smallest absolute Gasteiger partial charge is 0.407 e. The van der Waals surface area contributed by atoms with Gasteiger partial charge in [0.15, 0.2) is 0 Å². The van der Waals surface area contributed by atoms with Crippen LogP contribution in [0.5, 0.6) is 0 Å². The van der Waals surface area contributed by atoms with E-state index in [4.69, 9.17) is 9.47 Å². The van der Waals surface area contributed by atoms with Crippen molar-refractivity contribution in [3.63, 3.8) is 0 Å². The summed E-state index contributed by atoms with van der Waals surface area (Å²) in [6.45, 7) is 2.78. The zero-order valence-electron chi connectivity index (χ0n) is 20.9. The van der Waals surface area contributed by atoms with Gasteiger partial charge in [-0.25, -0.2) is 18.0 Å². The van der Waals surface area contributed by atoms with Crippen molar-refractivity contribution in [3.05, 3.63) is 52.2 Å². The number of hydrogen-bond acceptors (Lipinski definition) is 7. The molecule has 0 saturated carbocycles. The van der Waals surface area contributed by atoms with Crippen LogP contribution in [0.25, 0.3) is 0 Å². The lowest BCUT2D eigenvalue weighted by molar-refractivity contribution is 0.0243. The highest BCUT2D eigenvalue weighted by Crippen LogP contribution is 2.13. The predicted molar refractivity (Wildman–Crippen MR) is 142 cm³/mol. The minimum Gasteiger partial charge on any atom is -0.447 e. The lowest BCUT2D eigenvalue weighted by atomic mass is 10.0. The number of amides is 3. The van der Waals surface area contributed by atoms with E-state index >= 15 is 0 Å². The lowest BCUT2D eigenvalue weighted by Crippen LogP contribution is -2.44. The van der Waals surface area contributed by atoms with Crippen LogP contribution in [-0.2, 0) is 32.6 Å². The number of carbonyl (C=O) groups excluding carboxylic acids is 2. The van der Waals surface area contributed by atoms with Crippen molar-refractivity contribution in [1.29, 1.82) is 0 Å². The molecule has 0 radical (unpaired) electrons. The monoisotopic (exact) mass is 540 g/mol. The molecule has 36 heavy (non-hydrogen) atoms. The van der Waals surface area contributed by atoms with Gasteiger partial charge >= 0.3 is 12.1 Å². The molecule has 3 amide bonds. The molecule has 0 fully saturated rings. The highest BCUT2D eigenvalue weighted by molar-refractivity contribution is 7.92. The summed E-state index contributed by atoms with van der Waals surface area (Å²) in [4.78, 5) is 25.6. The Kier molecular flexibility index (Phi) is 12.5. The predicted octanol–water partition coefficient (Wildman–Crippen LogP) is 3.81. The van der Waals surface area contributed by atoms with E-state index in [1.165, 1.54) is 0 Å². The van der Waals surface area contributed by atoms with E-state index in [1.807, 2.05) is 17.5 Å². The first-order valence-corrected chi connectivity index (χ1v) is 14.5. The molecule has 1 aromatic carbocycles. The largest absolute Gasteiger partial charge is 0.447 e. The van der Waals surface area contributed by atoms with Crippen molar-refractivity contribution >= 4 is 39.2 Å². The third-order valence-electron chi connectivity index (χ3n) is 5.19. The Morgan fingerprint density at radius 3 is 2.58 bits per heavy atom. The van der Waals surface area contributed by atoms with Gasteiger partial charge in [-0.1, -0.05) is 38.0 Å². The maximum atomic E-state index is 12.6. The summed E-state index contributed by atoms with van der Waals surface area (Å²) in [5.74, 6) is 0. The number of ether oxygens (including phenoxy) is 2. The highest BCUT2D eigenvalue weighted by Gasteiger charge is 2.20. The quantitative estimate of drug-likeness (QED) is 0.271. The van der Waals surface area contributed by atoms with Crippen LogP contribution in [0.2, 0.25) is 0 Å². The van der Waals surface area contributed by atoms with Crippen LogP contribution < -0.4 is 20.7 Å². The fourth-order valence-corrected chi connectivity index (χ4v) is 4.62. The van der Waals surface area contributed by atoms with Crippen molar-refractivity contribution < 1.29 is 27.5 Å². The van der Waals surface area contributed by atoms with Crippen molar-refractivity contribution in [2.24, 2.45) is 0 Å². The maximum Gasteiger partial charge on any atom is 0.407 e. The molecule has 0 aliphatic heterocycles. The number of alkyl carbamates (subject to hydrolysis) is 1. The molecular weight excluding hydrogens is 504 g/mol. The standard InChI is InChI=1S/C24H36N4O6S2/c1-4-5-9-19(14-21(33-2)17-34-24(30)26-16-22-11-7-12-35-22)27-23(29)25-15-18-8-6-10-20(13-18)28-36(3,31)32/h6-8,10-13,19,21,28H,4-5,9,14-17H2,1-3H3,(H,26,30)(H2,25,27,29)/t19-,21?/m0/s1. The van der Waals surface area contributed by atoms with E-state index in [0.717, 1.165) is 36.0 Å². The molecule has 0 bridgehead atoms. The highest BCUT2D eigenvalue weighted by atomic mass is 32.2.